The molecule has 2 aromatic rings. The van der Waals surface area contributed by atoms with Gasteiger partial charge in [0.15, 0.2) is 0 Å². The van der Waals surface area contributed by atoms with Crippen molar-refractivity contribution in [1.82, 2.24) is 5.32 Å². The second-order valence-corrected chi connectivity index (χ2v) is 6.05. The lowest BCUT2D eigenvalue weighted by molar-refractivity contribution is 0.0402. The maximum atomic E-state index is 12.4. The molecular formula is C20H23NO3. The topological polar surface area (TPSA) is 47.6 Å². The molecule has 24 heavy (non-hydrogen) atoms. The Morgan fingerprint density at radius 3 is 2.33 bits per heavy atom. The average Bonchev–Trinajstić information content (AvgIpc) is 3.03. The normalized spacial score (nSPS) is 20.1. The molecule has 0 unspecified atom stereocenters. The van der Waals surface area contributed by atoms with Crippen LogP contribution in [0, 0.1) is 6.92 Å². The summed E-state index contributed by atoms with van der Waals surface area (Å²) in [5.74, 6) is -0.0920. The number of carbonyl (C=O) groups is 1. The third-order valence-corrected chi connectivity index (χ3v) is 4.26. The number of nitrogens with one attached hydrogen (secondary N) is 1. The van der Waals surface area contributed by atoms with E-state index in [2.05, 4.69) is 36.5 Å². The molecule has 4 heteroatoms. The minimum Gasteiger partial charge on any atom is -0.376 e. The standard InChI is InChI=1S/C20H23NO3/c1-3-24-19-13-23-12-18(19)21-20(22)17-10-8-16(9-11-17)15-6-4-14(2)5-7-15/h4-11,18-19H,3,12-13H2,1-2H3,(H,21,22)/t18-,19-/m0/s1. The molecule has 2 atom stereocenters. The van der Waals surface area contributed by atoms with Crippen LogP contribution in [0.15, 0.2) is 48.5 Å². The van der Waals surface area contributed by atoms with Crippen LogP contribution in [0.25, 0.3) is 11.1 Å². The van der Waals surface area contributed by atoms with Crippen LogP contribution in [-0.4, -0.2) is 37.9 Å². The van der Waals surface area contributed by atoms with Crippen molar-refractivity contribution in [1.29, 1.82) is 0 Å². The highest BCUT2D eigenvalue weighted by atomic mass is 16.5. The molecular weight excluding hydrogens is 302 g/mol. The largest absolute Gasteiger partial charge is 0.376 e. The molecule has 1 N–H and O–H groups in total. The molecule has 1 heterocycles. The van der Waals surface area contributed by atoms with Gasteiger partial charge in [-0.25, -0.2) is 0 Å². The molecule has 4 nitrogen and oxygen atoms in total. The summed E-state index contributed by atoms with van der Waals surface area (Å²) in [5.41, 5.74) is 4.13. The van der Waals surface area contributed by atoms with E-state index < -0.39 is 0 Å². The predicted octanol–water partition coefficient (Wildman–Crippen LogP) is 3.20. The van der Waals surface area contributed by atoms with Gasteiger partial charge in [0.1, 0.15) is 6.10 Å². The molecule has 0 radical (unpaired) electrons. The second kappa shape index (κ2) is 7.60. The van der Waals surface area contributed by atoms with Gasteiger partial charge in [0.05, 0.1) is 19.3 Å². The first-order chi connectivity index (χ1) is 11.7. The molecule has 1 saturated heterocycles. The zero-order valence-electron chi connectivity index (χ0n) is 14.1. The maximum Gasteiger partial charge on any atom is 0.251 e. The molecule has 1 aliphatic rings. The third kappa shape index (κ3) is 3.83. The molecule has 3 rings (SSSR count). The molecule has 1 amide bonds. The smallest absolute Gasteiger partial charge is 0.251 e. The number of aryl methyl sites for hydroxylation is 1. The van der Waals surface area contributed by atoms with Gasteiger partial charge in [0, 0.05) is 12.2 Å². The first kappa shape index (κ1) is 16.7. The van der Waals surface area contributed by atoms with Gasteiger partial charge in [0.2, 0.25) is 0 Å². The van der Waals surface area contributed by atoms with Crippen LogP contribution in [0.2, 0.25) is 0 Å². The van der Waals surface area contributed by atoms with E-state index in [9.17, 15) is 4.79 Å². The summed E-state index contributed by atoms with van der Waals surface area (Å²) in [6.07, 6.45) is -0.0641. The van der Waals surface area contributed by atoms with Gasteiger partial charge in [-0.1, -0.05) is 42.0 Å². The Morgan fingerprint density at radius 1 is 1.08 bits per heavy atom. The Morgan fingerprint density at radius 2 is 1.71 bits per heavy atom. The van der Waals surface area contributed by atoms with Crippen LogP contribution in [0.3, 0.4) is 0 Å². The lowest BCUT2D eigenvalue weighted by Crippen LogP contribution is -2.43. The summed E-state index contributed by atoms with van der Waals surface area (Å²) >= 11 is 0. The minimum atomic E-state index is -0.0920. The SMILES string of the molecule is CCO[C@H]1COC[C@@H]1NC(=O)c1ccc(-c2ccc(C)cc2)cc1. The fraction of sp³-hybridized carbons (Fsp3) is 0.350. The Hall–Kier alpha value is -2.17. The van der Waals surface area contributed by atoms with E-state index in [0.717, 1.165) is 11.1 Å². The van der Waals surface area contributed by atoms with Gasteiger partial charge < -0.3 is 14.8 Å². The van der Waals surface area contributed by atoms with E-state index in [4.69, 9.17) is 9.47 Å². The summed E-state index contributed by atoms with van der Waals surface area (Å²) in [4.78, 5) is 12.4. The molecule has 0 aromatic heterocycles. The van der Waals surface area contributed by atoms with Gasteiger partial charge in [-0.3, -0.25) is 4.79 Å². The first-order valence-electron chi connectivity index (χ1n) is 8.34. The van der Waals surface area contributed by atoms with Crippen molar-refractivity contribution in [3.05, 3.63) is 59.7 Å². The van der Waals surface area contributed by atoms with Crippen molar-refractivity contribution in [2.75, 3.05) is 19.8 Å². The Kier molecular flexibility index (Phi) is 5.28. The van der Waals surface area contributed by atoms with Crippen LogP contribution in [0.4, 0.5) is 0 Å². The number of amides is 1. The number of ether oxygens (including phenoxy) is 2. The average molecular weight is 325 g/mol. The van der Waals surface area contributed by atoms with Crippen LogP contribution in [-0.2, 0) is 9.47 Å². The van der Waals surface area contributed by atoms with Crippen molar-refractivity contribution in [3.8, 4) is 11.1 Å². The zero-order chi connectivity index (χ0) is 16.9. The number of hydrogen-bond donors (Lipinski definition) is 1. The van der Waals surface area contributed by atoms with Crippen molar-refractivity contribution in [3.63, 3.8) is 0 Å². The Bertz CT molecular complexity index is 679. The minimum absolute atomic E-state index is 0.0641. The van der Waals surface area contributed by atoms with Crippen LogP contribution in [0.1, 0.15) is 22.8 Å². The molecule has 0 aliphatic carbocycles. The predicted molar refractivity (Wildman–Crippen MR) is 94.1 cm³/mol. The summed E-state index contributed by atoms with van der Waals surface area (Å²) in [7, 11) is 0. The molecule has 1 fully saturated rings. The van der Waals surface area contributed by atoms with E-state index in [1.54, 1.807) is 0 Å². The fourth-order valence-corrected chi connectivity index (χ4v) is 2.86. The number of benzene rings is 2. The van der Waals surface area contributed by atoms with Gasteiger partial charge in [-0.05, 0) is 37.1 Å². The molecule has 126 valence electrons. The molecule has 1 aliphatic heterocycles. The van der Waals surface area contributed by atoms with E-state index in [1.807, 2.05) is 31.2 Å². The first-order valence-corrected chi connectivity index (χ1v) is 8.34. The Balaban J connectivity index is 1.66. The van der Waals surface area contributed by atoms with Gasteiger partial charge in [-0.2, -0.15) is 0 Å². The van der Waals surface area contributed by atoms with Gasteiger partial charge >= 0.3 is 0 Å². The molecule has 0 bridgehead atoms. The van der Waals surface area contributed by atoms with Crippen LogP contribution >= 0.6 is 0 Å². The highest BCUT2D eigenvalue weighted by molar-refractivity contribution is 5.95. The van der Waals surface area contributed by atoms with Gasteiger partial charge in [-0.15, -0.1) is 0 Å². The number of hydrogen-bond acceptors (Lipinski definition) is 3. The lowest BCUT2D eigenvalue weighted by Gasteiger charge is -2.19. The van der Waals surface area contributed by atoms with Crippen molar-refractivity contribution in [2.45, 2.75) is 26.0 Å². The second-order valence-electron chi connectivity index (χ2n) is 6.05. The maximum absolute atomic E-state index is 12.4. The zero-order valence-corrected chi connectivity index (χ0v) is 14.1. The number of carbonyl (C=O) groups excluding carboxylic acids is 1. The summed E-state index contributed by atoms with van der Waals surface area (Å²) in [6, 6.07) is 15.9. The van der Waals surface area contributed by atoms with Crippen molar-refractivity contribution < 1.29 is 14.3 Å². The van der Waals surface area contributed by atoms with Gasteiger partial charge in [0.25, 0.3) is 5.91 Å². The quantitative estimate of drug-likeness (QED) is 0.918. The fourth-order valence-electron chi connectivity index (χ4n) is 2.86. The monoisotopic (exact) mass is 325 g/mol. The van der Waals surface area contributed by atoms with Crippen LogP contribution in [0.5, 0.6) is 0 Å². The molecule has 0 spiro atoms. The van der Waals surface area contributed by atoms with Crippen LogP contribution < -0.4 is 5.32 Å². The molecule has 0 saturated carbocycles. The van der Waals surface area contributed by atoms with E-state index >= 15 is 0 Å². The number of rotatable bonds is 5. The van der Waals surface area contributed by atoms with E-state index in [0.29, 0.717) is 25.4 Å². The highest BCUT2D eigenvalue weighted by Crippen LogP contribution is 2.20. The Labute approximate surface area is 142 Å². The van der Waals surface area contributed by atoms with Crippen molar-refractivity contribution >= 4 is 5.91 Å². The molecule has 2 aromatic carbocycles. The summed E-state index contributed by atoms with van der Waals surface area (Å²) in [6.45, 7) is 5.66. The van der Waals surface area contributed by atoms with E-state index in [1.165, 1.54) is 5.56 Å². The highest BCUT2D eigenvalue weighted by Gasteiger charge is 2.30. The van der Waals surface area contributed by atoms with Crippen molar-refractivity contribution in [2.24, 2.45) is 0 Å². The summed E-state index contributed by atoms with van der Waals surface area (Å²) < 4.78 is 11.0. The van der Waals surface area contributed by atoms with E-state index in [-0.39, 0.29) is 18.1 Å². The summed E-state index contributed by atoms with van der Waals surface area (Å²) in [5, 5.41) is 3.01. The lowest BCUT2D eigenvalue weighted by atomic mass is 10.0. The third-order valence-electron chi connectivity index (χ3n) is 4.26.